The minimum absolute atomic E-state index is 0.101. The van der Waals surface area contributed by atoms with Crippen molar-refractivity contribution in [1.29, 1.82) is 0 Å². The van der Waals surface area contributed by atoms with Crippen molar-refractivity contribution >= 4 is 39.1 Å². The average molecular weight is 375 g/mol. The molecule has 0 amide bonds. The van der Waals surface area contributed by atoms with E-state index in [1.165, 1.54) is 0 Å². The largest absolute Gasteiger partial charge is 0.489 e. The Hall–Kier alpha value is -0.740. The molecule has 0 saturated carbocycles. The van der Waals surface area contributed by atoms with Gasteiger partial charge in [-0.25, -0.2) is 0 Å². The molecule has 2 N–H and O–H groups in total. The standard InChI is InChI=1S/C15H14BrCl2NO/c1-9(19)12-7-11(16)3-5-15(12)20-8-10-2-4-13(17)14(18)6-10/h2-7,9H,8,19H2,1H3. The van der Waals surface area contributed by atoms with E-state index in [1.54, 1.807) is 12.1 Å². The summed E-state index contributed by atoms with van der Waals surface area (Å²) in [6.45, 7) is 2.34. The fraction of sp³-hybridized carbons (Fsp3) is 0.200. The van der Waals surface area contributed by atoms with E-state index in [1.807, 2.05) is 31.2 Å². The van der Waals surface area contributed by atoms with Gasteiger partial charge in [0.15, 0.2) is 0 Å². The summed E-state index contributed by atoms with van der Waals surface area (Å²) in [6, 6.07) is 11.1. The van der Waals surface area contributed by atoms with Crippen molar-refractivity contribution in [2.75, 3.05) is 0 Å². The number of nitrogens with two attached hydrogens (primary N) is 1. The first-order valence-corrected chi connectivity index (χ1v) is 7.64. The van der Waals surface area contributed by atoms with Crippen LogP contribution < -0.4 is 10.5 Å². The Bertz CT molecular complexity index is 617. The van der Waals surface area contributed by atoms with Crippen LogP contribution in [-0.2, 0) is 6.61 Å². The number of ether oxygens (including phenoxy) is 1. The van der Waals surface area contributed by atoms with Crippen molar-refractivity contribution in [3.63, 3.8) is 0 Å². The summed E-state index contributed by atoms with van der Waals surface area (Å²) in [4.78, 5) is 0. The van der Waals surface area contributed by atoms with Crippen molar-refractivity contribution in [3.8, 4) is 5.75 Å². The Morgan fingerprint density at radius 1 is 1.15 bits per heavy atom. The molecule has 0 radical (unpaired) electrons. The lowest BCUT2D eigenvalue weighted by atomic mass is 10.1. The molecule has 0 aromatic heterocycles. The first-order chi connectivity index (χ1) is 9.47. The molecule has 1 unspecified atom stereocenters. The second kappa shape index (κ2) is 6.81. The maximum atomic E-state index is 5.98. The second-order valence-electron chi connectivity index (χ2n) is 4.51. The van der Waals surface area contributed by atoms with E-state index in [9.17, 15) is 0 Å². The van der Waals surface area contributed by atoms with Gasteiger partial charge < -0.3 is 10.5 Å². The lowest BCUT2D eigenvalue weighted by Gasteiger charge is -2.14. The van der Waals surface area contributed by atoms with Crippen LogP contribution in [0.25, 0.3) is 0 Å². The number of benzene rings is 2. The Kier molecular flexibility index (Phi) is 5.33. The number of rotatable bonds is 4. The molecule has 2 aromatic carbocycles. The highest BCUT2D eigenvalue weighted by Gasteiger charge is 2.09. The quantitative estimate of drug-likeness (QED) is 0.782. The van der Waals surface area contributed by atoms with Crippen molar-refractivity contribution in [2.24, 2.45) is 5.73 Å². The van der Waals surface area contributed by atoms with Gasteiger partial charge in [-0.15, -0.1) is 0 Å². The lowest BCUT2D eigenvalue weighted by Crippen LogP contribution is -2.08. The van der Waals surface area contributed by atoms with E-state index >= 15 is 0 Å². The van der Waals surface area contributed by atoms with Gasteiger partial charge in [0, 0.05) is 16.1 Å². The molecule has 20 heavy (non-hydrogen) atoms. The number of hydrogen-bond acceptors (Lipinski definition) is 2. The smallest absolute Gasteiger partial charge is 0.124 e. The first kappa shape index (κ1) is 15.6. The second-order valence-corrected chi connectivity index (χ2v) is 6.24. The van der Waals surface area contributed by atoms with Crippen LogP contribution in [0.2, 0.25) is 10.0 Å². The summed E-state index contributed by atoms with van der Waals surface area (Å²) >= 11 is 15.3. The number of halogens is 3. The fourth-order valence-electron chi connectivity index (χ4n) is 1.80. The Morgan fingerprint density at radius 2 is 1.90 bits per heavy atom. The van der Waals surface area contributed by atoms with Crippen LogP contribution in [-0.4, -0.2) is 0 Å². The van der Waals surface area contributed by atoms with Crippen LogP contribution in [0.15, 0.2) is 40.9 Å². The summed E-state index contributed by atoms with van der Waals surface area (Å²) in [7, 11) is 0. The van der Waals surface area contributed by atoms with Gasteiger partial charge in [0.1, 0.15) is 12.4 Å². The van der Waals surface area contributed by atoms with Crippen LogP contribution in [0.4, 0.5) is 0 Å². The first-order valence-electron chi connectivity index (χ1n) is 6.09. The number of hydrogen-bond donors (Lipinski definition) is 1. The summed E-state index contributed by atoms with van der Waals surface area (Å²) in [5.41, 5.74) is 7.87. The molecular weight excluding hydrogens is 361 g/mol. The van der Waals surface area contributed by atoms with Crippen molar-refractivity contribution in [3.05, 3.63) is 62.0 Å². The highest BCUT2D eigenvalue weighted by molar-refractivity contribution is 9.10. The Balaban J connectivity index is 2.16. The summed E-state index contributed by atoms with van der Waals surface area (Å²) < 4.78 is 6.81. The molecule has 106 valence electrons. The van der Waals surface area contributed by atoms with Gasteiger partial charge in [0.25, 0.3) is 0 Å². The summed E-state index contributed by atoms with van der Waals surface area (Å²) in [6.07, 6.45) is 0. The van der Waals surface area contributed by atoms with E-state index in [2.05, 4.69) is 15.9 Å². The van der Waals surface area contributed by atoms with Crippen LogP contribution in [0.5, 0.6) is 5.75 Å². The van der Waals surface area contributed by atoms with E-state index in [0.29, 0.717) is 16.7 Å². The molecule has 0 saturated heterocycles. The molecule has 5 heteroatoms. The minimum Gasteiger partial charge on any atom is -0.489 e. The third-order valence-corrected chi connectivity index (χ3v) is 4.07. The Labute approximate surface area is 137 Å². The van der Waals surface area contributed by atoms with E-state index in [-0.39, 0.29) is 6.04 Å². The van der Waals surface area contributed by atoms with Gasteiger partial charge in [0.2, 0.25) is 0 Å². The molecule has 0 aliphatic rings. The van der Waals surface area contributed by atoms with E-state index in [0.717, 1.165) is 21.3 Å². The highest BCUT2D eigenvalue weighted by Crippen LogP contribution is 2.29. The summed E-state index contributed by atoms with van der Waals surface area (Å²) in [5.74, 6) is 0.772. The molecular formula is C15H14BrCl2NO. The predicted molar refractivity (Wildman–Crippen MR) is 87.5 cm³/mol. The fourth-order valence-corrected chi connectivity index (χ4v) is 2.50. The normalized spacial score (nSPS) is 12.2. The average Bonchev–Trinajstić information content (AvgIpc) is 2.41. The van der Waals surface area contributed by atoms with E-state index in [4.69, 9.17) is 33.7 Å². The molecule has 0 heterocycles. The molecule has 0 bridgehead atoms. The van der Waals surface area contributed by atoms with Crippen LogP contribution in [0, 0.1) is 0 Å². The topological polar surface area (TPSA) is 35.2 Å². The zero-order chi connectivity index (χ0) is 14.7. The summed E-state index contributed by atoms with van der Waals surface area (Å²) in [5, 5.41) is 1.06. The molecule has 2 nitrogen and oxygen atoms in total. The van der Waals surface area contributed by atoms with Gasteiger partial charge in [-0.2, -0.15) is 0 Å². The van der Waals surface area contributed by atoms with Gasteiger partial charge in [-0.3, -0.25) is 0 Å². The third kappa shape index (κ3) is 3.89. The van der Waals surface area contributed by atoms with Crippen molar-refractivity contribution < 1.29 is 4.74 Å². The zero-order valence-corrected chi connectivity index (χ0v) is 14.0. The zero-order valence-electron chi connectivity index (χ0n) is 10.9. The van der Waals surface area contributed by atoms with Gasteiger partial charge in [-0.05, 0) is 42.8 Å². The molecule has 0 aliphatic carbocycles. The van der Waals surface area contributed by atoms with Crippen LogP contribution in [0.1, 0.15) is 24.1 Å². The molecule has 0 fully saturated rings. The monoisotopic (exact) mass is 373 g/mol. The molecule has 0 spiro atoms. The molecule has 2 aromatic rings. The molecule has 2 rings (SSSR count). The van der Waals surface area contributed by atoms with Gasteiger partial charge in [-0.1, -0.05) is 45.2 Å². The van der Waals surface area contributed by atoms with Crippen molar-refractivity contribution in [1.82, 2.24) is 0 Å². The third-order valence-electron chi connectivity index (χ3n) is 2.84. The molecule has 1 atom stereocenters. The van der Waals surface area contributed by atoms with Gasteiger partial charge in [0.05, 0.1) is 10.0 Å². The van der Waals surface area contributed by atoms with Crippen molar-refractivity contribution in [2.45, 2.75) is 19.6 Å². The SMILES string of the molecule is CC(N)c1cc(Br)ccc1OCc1ccc(Cl)c(Cl)c1. The highest BCUT2D eigenvalue weighted by atomic mass is 79.9. The maximum absolute atomic E-state index is 5.98. The Morgan fingerprint density at radius 3 is 2.55 bits per heavy atom. The van der Waals surface area contributed by atoms with E-state index < -0.39 is 0 Å². The predicted octanol–water partition coefficient (Wildman–Crippen LogP) is 5.35. The maximum Gasteiger partial charge on any atom is 0.124 e. The lowest BCUT2D eigenvalue weighted by molar-refractivity contribution is 0.301. The van der Waals surface area contributed by atoms with Crippen LogP contribution in [0.3, 0.4) is 0 Å². The minimum atomic E-state index is -0.101. The molecule has 0 aliphatic heterocycles. The van der Waals surface area contributed by atoms with Crippen LogP contribution >= 0.6 is 39.1 Å². The van der Waals surface area contributed by atoms with Gasteiger partial charge >= 0.3 is 0 Å².